The van der Waals surface area contributed by atoms with Crippen LogP contribution in [0.2, 0.25) is 0 Å². The Labute approximate surface area is 240 Å². The molecule has 2 aliphatic rings. The van der Waals surface area contributed by atoms with E-state index in [0.717, 1.165) is 41.8 Å². The zero-order chi connectivity index (χ0) is 28.9. The van der Waals surface area contributed by atoms with Gasteiger partial charge in [-0.05, 0) is 74.4 Å². The molecule has 2 aromatic carbocycles. The number of hydrogen-bond acceptors (Lipinski definition) is 8. The normalized spacial score (nSPS) is 15.5. The fraction of sp³-hybridized carbons (Fsp3) is 0.452. The number of carbonyl (C=O) groups excluding carboxylic acids is 3. The first-order chi connectivity index (χ1) is 19.8. The highest BCUT2D eigenvalue weighted by Crippen LogP contribution is 2.50. The highest BCUT2D eigenvalue weighted by molar-refractivity contribution is 5.87. The number of aryl methyl sites for hydroxylation is 2. The van der Waals surface area contributed by atoms with Gasteiger partial charge in [-0.25, -0.2) is 0 Å². The molecule has 10 heteroatoms. The topological polar surface area (TPSA) is 116 Å². The summed E-state index contributed by atoms with van der Waals surface area (Å²) >= 11 is 0. The number of ether oxygens (including phenoxy) is 2. The second kappa shape index (κ2) is 12.6. The van der Waals surface area contributed by atoms with Crippen LogP contribution in [0.3, 0.4) is 0 Å². The minimum absolute atomic E-state index is 0.0362. The van der Waals surface area contributed by atoms with E-state index in [-0.39, 0.29) is 24.1 Å². The van der Waals surface area contributed by atoms with E-state index < -0.39 is 11.9 Å². The molecule has 0 saturated heterocycles. The minimum Gasteiger partial charge on any atom is -0.422 e. The third-order valence-corrected chi connectivity index (χ3v) is 7.72. The Balaban J connectivity index is 1.25. The Bertz CT molecular complexity index is 1450. The van der Waals surface area contributed by atoms with Gasteiger partial charge in [0.25, 0.3) is 0 Å². The maximum Gasteiger partial charge on any atom is 0.311 e. The molecule has 1 amide bonds. The lowest BCUT2D eigenvalue weighted by Gasteiger charge is -2.40. The number of carbonyl (C=O) groups is 3. The quantitative estimate of drug-likeness (QED) is 0.279. The van der Waals surface area contributed by atoms with E-state index in [2.05, 4.69) is 39.7 Å². The van der Waals surface area contributed by atoms with Crippen molar-refractivity contribution in [3.63, 3.8) is 0 Å². The van der Waals surface area contributed by atoms with Crippen LogP contribution in [0.15, 0.2) is 36.5 Å². The van der Waals surface area contributed by atoms with Gasteiger partial charge in [0.2, 0.25) is 5.91 Å². The molecule has 216 valence electrons. The smallest absolute Gasteiger partial charge is 0.311 e. The number of amides is 1. The van der Waals surface area contributed by atoms with Crippen molar-refractivity contribution >= 4 is 17.8 Å². The van der Waals surface area contributed by atoms with Gasteiger partial charge in [0.15, 0.2) is 11.5 Å². The molecule has 0 radical (unpaired) electrons. The Morgan fingerprint density at radius 2 is 1.93 bits per heavy atom. The highest BCUT2D eigenvalue weighted by atomic mass is 16.6. The van der Waals surface area contributed by atoms with Crippen LogP contribution in [0.1, 0.15) is 68.0 Å². The number of aromatic nitrogens is 3. The third kappa shape index (κ3) is 6.48. The van der Waals surface area contributed by atoms with Crippen LogP contribution in [0.4, 0.5) is 0 Å². The summed E-state index contributed by atoms with van der Waals surface area (Å²) in [5.74, 6) is -0.290. The molecule has 10 nitrogen and oxygen atoms in total. The first-order valence-electron chi connectivity index (χ1n) is 14.4. The Morgan fingerprint density at radius 3 is 2.73 bits per heavy atom. The summed E-state index contributed by atoms with van der Waals surface area (Å²) in [6, 6.07) is 10.2. The average molecular weight is 560 g/mol. The molecule has 1 atom stereocenters. The van der Waals surface area contributed by atoms with Crippen LogP contribution >= 0.6 is 0 Å². The fourth-order valence-corrected chi connectivity index (χ4v) is 5.81. The van der Waals surface area contributed by atoms with Crippen molar-refractivity contribution in [1.29, 1.82) is 0 Å². The second-order valence-electron chi connectivity index (χ2n) is 10.7. The average Bonchev–Trinajstić information content (AvgIpc) is 3.39. The summed E-state index contributed by atoms with van der Waals surface area (Å²) in [5, 5.41) is 11.1. The van der Waals surface area contributed by atoms with Crippen LogP contribution in [0.25, 0.3) is 11.1 Å². The van der Waals surface area contributed by atoms with Crippen molar-refractivity contribution < 1.29 is 23.9 Å². The van der Waals surface area contributed by atoms with Gasteiger partial charge in [-0.15, -0.1) is 5.10 Å². The molecular weight excluding hydrogens is 522 g/mol. The zero-order valence-electron chi connectivity index (χ0n) is 23.9. The number of nitrogens with one attached hydrogen (secondary N) is 1. The Morgan fingerprint density at radius 1 is 1.07 bits per heavy atom. The molecule has 5 rings (SSSR count). The van der Waals surface area contributed by atoms with Gasteiger partial charge in [0.1, 0.15) is 0 Å². The lowest BCUT2D eigenvalue weighted by Crippen LogP contribution is -2.35. The first kappa shape index (κ1) is 28.5. The highest BCUT2D eigenvalue weighted by Gasteiger charge is 2.35. The van der Waals surface area contributed by atoms with Crippen LogP contribution in [0.5, 0.6) is 11.5 Å². The predicted octanol–water partition coefficient (Wildman–Crippen LogP) is 3.80. The van der Waals surface area contributed by atoms with E-state index in [1.165, 1.54) is 18.1 Å². The van der Waals surface area contributed by atoms with Gasteiger partial charge in [-0.1, -0.05) is 29.5 Å². The van der Waals surface area contributed by atoms with Gasteiger partial charge in [0.05, 0.1) is 5.69 Å². The largest absolute Gasteiger partial charge is 0.422 e. The summed E-state index contributed by atoms with van der Waals surface area (Å²) in [6.07, 6.45) is 6.09. The SMILES string of the molecule is CCNC(=O)CCCc1cn(CCCC(=O)Oc2ccc3c(c2OC(C)=O)-c2cccc4c2[C@@H](C3)N(C)CC4)nn1. The third-order valence-electron chi connectivity index (χ3n) is 7.72. The molecule has 1 aliphatic heterocycles. The summed E-state index contributed by atoms with van der Waals surface area (Å²) in [6.45, 7) is 5.38. The van der Waals surface area contributed by atoms with Gasteiger partial charge in [-0.3, -0.25) is 24.0 Å². The van der Waals surface area contributed by atoms with Crippen LogP contribution in [0, 0.1) is 0 Å². The van der Waals surface area contributed by atoms with E-state index in [0.29, 0.717) is 44.5 Å². The monoisotopic (exact) mass is 559 g/mol. The summed E-state index contributed by atoms with van der Waals surface area (Å²) < 4.78 is 13.2. The number of benzene rings is 2. The molecule has 0 spiro atoms. The number of esters is 2. The number of nitrogens with zero attached hydrogens (tertiary/aromatic N) is 4. The maximum atomic E-state index is 12.9. The molecule has 0 saturated carbocycles. The molecule has 0 unspecified atom stereocenters. The summed E-state index contributed by atoms with van der Waals surface area (Å²) in [5.41, 5.74) is 6.32. The van der Waals surface area contributed by atoms with Crippen molar-refractivity contribution in [3.8, 4) is 22.6 Å². The van der Waals surface area contributed by atoms with Crippen molar-refractivity contribution in [2.75, 3.05) is 20.1 Å². The van der Waals surface area contributed by atoms with Crippen LogP contribution < -0.4 is 14.8 Å². The number of likely N-dealkylation sites (N-methyl/N-ethyl adjacent to an activating group) is 1. The van der Waals surface area contributed by atoms with Gasteiger partial charge in [-0.2, -0.15) is 0 Å². The van der Waals surface area contributed by atoms with Gasteiger partial charge >= 0.3 is 11.9 Å². The predicted molar refractivity (Wildman–Crippen MR) is 152 cm³/mol. The maximum absolute atomic E-state index is 12.9. The number of fused-ring (bicyclic) bond motifs is 2. The van der Waals surface area contributed by atoms with E-state index in [1.54, 1.807) is 10.7 Å². The molecule has 0 fully saturated rings. The van der Waals surface area contributed by atoms with Crippen LogP contribution in [-0.4, -0.2) is 57.9 Å². The summed E-state index contributed by atoms with van der Waals surface area (Å²) in [4.78, 5) is 39.0. The lowest BCUT2D eigenvalue weighted by molar-refractivity contribution is -0.136. The number of hydrogen-bond donors (Lipinski definition) is 1. The molecule has 3 aromatic rings. The van der Waals surface area contributed by atoms with E-state index in [9.17, 15) is 14.4 Å². The van der Waals surface area contributed by atoms with Crippen molar-refractivity contribution in [2.24, 2.45) is 0 Å². The lowest BCUT2D eigenvalue weighted by atomic mass is 9.77. The van der Waals surface area contributed by atoms with E-state index in [1.807, 2.05) is 25.3 Å². The minimum atomic E-state index is -0.465. The standard InChI is InChI=1S/C31H37N5O5/c1-4-32-27(38)11-6-9-23-19-36(34-33-23)16-7-12-28(39)41-26-14-13-22-18-25-29-21(15-17-35(25)3)8-5-10-24(29)30(22)31(26)40-20(2)37/h5,8,10,13-14,19,25H,4,6-7,9,11-12,15-18H2,1-3H3,(H,32,38)/t25-/m1/s1. The molecule has 1 aliphatic carbocycles. The van der Waals surface area contributed by atoms with Crippen LogP contribution in [-0.2, 0) is 40.2 Å². The molecular formula is C31H37N5O5. The van der Waals surface area contributed by atoms with Gasteiger partial charge in [0, 0.05) is 57.2 Å². The zero-order valence-corrected chi connectivity index (χ0v) is 23.9. The van der Waals surface area contributed by atoms with Crippen molar-refractivity contribution in [2.45, 2.75) is 71.4 Å². The Hall–Kier alpha value is -4.05. The first-order valence-corrected chi connectivity index (χ1v) is 14.4. The Kier molecular flexibility index (Phi) is 8.78. The van der Waals surface area contributed by atoms with Gasteiger partial charge < -0.3 is 14.8 Å². The molecule has 0 bridgehead atoms. The molecule has 1 aromatic heterocycles. The molecule has 1 N–H and O–H groups in total. The van der Waals surface area contributed by atoms with E-state index in [4.69, 9.17) is 9.47 Å². The molecule has 2 heterocycles. The van der Waals surface area contributed by atoms with E-state index >= 15 is 0 Å². The summed E-state index contributed by atoms with van der Waals surface area (Å²) in [7, 11) is 2.15. The second-order valence-corrected chi connectivity index (χ2v) is 10.7. The number of rotatable bonds is 11. The van der Waals surface area contributed by atoms with Crippen molar-refractivity contribution in [3.05, 3.63) is 58.9 Å². The fourth-order valence-electron chi connectivity index (χ4n) is 5.81. The van der Waals surface area contributed by atoms with Crippen molar-refractivity contribution in [1.82, 2.24) is 25.2 Å². The molecule has 41 heavy (non-hydrogen) atoms.